The fraction of sp³-hybridized carbons (Fsp3) is 0.810. The highest BCUT2D eigenvalue weighted by molar-refractivity contribution is 14.0. The van der Waals surface area contributed by atoms with Crippen LogP contribution in [0.15, 0.2) is 10.4 Å². The van der Waals surface area contributed by atoms with E-state index < -0.39 is 0 Å². The van der Waals surface area contributed by atoms with E-state index in [1.807, 2.05) is 7.05 Å². The van der Waals surface area contributed by atoms with E-state index in [4.69, 9.17) is 9.72 Å². The zero-order valence-corrected chi connectivity index (χ0v) is 21.9. The summed E-state index contributed by atoms with van der Waals surface area (Å²) in [6.45, 7) is 14.5. The Hall–Kier alpha value is -0.450. The van der Waals surface area contributed by atoms with Gasteiger partial charge in [0, 0.05) is 57.0 Å². The highest BCUT2D eigenvalue weighted by Crippen LogP contribution is 2.20. The average molecular weight is 538 g/mol. The number of nitrogens with one attached hydrogen (secondary N) is 2. The van der Waals surface area contributed by atoms with Gasteiger partial charge in [0.25, 0.3) is 0 Å². The molecule has 0 amide bonds. The quantitative estimate of drug-likeness (QED) is 0.271. The van der Waals surface area contributed by atoms with E-state index >= 15 is 0 Å². The molecule has 2 N–H and O–H groups in total. The standard InChI is InChI=1S/C21H39N5OS.HI/c1-6-17(7-2)19(26-10-12-27-13-11-26)14-24-21(22-5)23-9-8-18-15-28-20(25-18)16(3)4;/h15-17,19H,6-14H2,1-5H3,(H2,22,23,24);1H. The predicted octanol–water partition coefficient (Wildman–Crippen LogP) is 3.73. The van der Waals surface area contributed by atoms with Crippen LogP contribution in [-0.2, 0) is 11.2 Å². The number of aliphatic imine (C=N–C) groups is 1. The van der Waals surface area contributed by atoms with Gasteiger partial charge in [-0.25, -0.2) is 4.98 Å². The Morgan fingerprint density at radius 3 is 2.48 bits per heavy atom. The third kappa shape index (κ3) is 8.67. The van der Waals surface area contributed by atoms with Gasteiger partial charge in [-0.3, -0.25) is 9.89 Å². The van der Waals surface area contributed by atoms with Gasteiger partial charge in [0.2, 0.25) is 0 Å². The maximum atomic E-state index is 5.55. The van der Waals surface area contributed by atoms with Crippen molar-refractivity contribution in [3.63, 3.8) is 0 Å². The molecule has 6 nitrogen and oxygen atoms in total. The third-order valence-corrected chi connectivity index (χ3v) is 6.74. The molecule has 29 heavy (non-hydrogen) atoms. The van der Waals surface area contributed by atoms with Crippen molar-refractivity contribution in [2.24, 2.45) is 10.9 Å². The molecule has 0 bridgehead atoms. The lowest BCUT2D eigenvalue weighted by Gasteiger charge is -2.39. The molecule has 2 heterocycles. The van der Waals surface area contributed by atoms with Gasteiger partial charge in [0.1, 0.15) is 0 Å². The molecule has 1 unspecified atom stereocenters. The number of thiazole rings is 1. The average Bonchev–Trinajstić information content (AvgIpc) is 3.19. The first kappa shape index (κ1) is 26.6. The van der Waals surface area contributed by atoms with Gasteiger partial charge in [0.15, 0.2) is 5.96 Å². The number of ether oxygens (including phenoxy) is 1. The largest absolute Gasteiger partial charge is 0.379 e. The van der Waals surface area contributed by atoms with Crippen molar-refractivity contribution < 1.29 is 4.74 Å². The highest BCUT2D eigenvalue weighted by Gasteiger charge is 2.26. The molecule has 8 heteroatoms. The second-order valence-electron chi connectivity index (χ2n) is 7.75. The van der Waals surface area contributed by atoms with E-state index in [0.29, 0.717) is 17.9 Å². The monoisotopic (exact) mass is 537 g/mol. The number of aromatic nitrogens is 1. The van der Waals surface area contributed by atoms with Crippen LogP contribution in [0.4, 0.5) is 0 Å². The summed E-state index contributed by atoms with van der Waals surface area (Å²) in [4.78, 5) is 11.7. The maximum Gasteiger partial charge on any atom is 0.191 e. The molecule has 1 saturated heterocycles. The van der Waals surface area contributed by atoms with Crippen LogP contribution in [0.3, 0.4) is 0 Å². The summed E-state index contributed by atoms with van der Waals surface area (Å²) < 4.78 is 5.55. The summed E-state index contributed by atoms with van der Waals surface area (Å²) in [7, 11) is 1.84. The molecule has 1 fully saturated rings. The lowest BCUT2D eigenvalue weighted by Crippen LogP contribution is -2.53. The van der Waals surface area contributed by atoms with Crippen LogP contribution in [0.1, 0.15) is 57.2 Å². The summed E-state index contributed by atoms with van der Waals surface area (Å²) in [6, 6.07) is 0.518. The van der Waals surface area contributed by atoms with E-state index in [0.717, 1.165) is 51.8 Å². The van der Waals surface area contributed by atoms with Gasteiger partial charge in [-0.15, -0.1) is 35.3 Å². The Balaban J connectivity index is 0.00000420. The lowest BCUT2D eigenvalue weighted by molar-refractivity contribution is 0.00272. The molecule has 0 aliphatic carbocycles. The van der Waals surface area contributed by atoms with E-state index in [1.54, 1.807) is 11.3 Å². The van der Waals surface area contributed by atoms with Crippen molar-refractivity contribution >= 4 is 41.3 Å². The first-order chi connectivity index (χ1) is 13.6. The molecule has 1 aromatic rings. The number of rotatable bonds is 10. The summed E-state index contributed by atoms with van der Waals surface area (Å²) in [5, 5.41) is 10.4. The van der Waals surface area contributed by atoms with Crippen LogP contribution < -0.4 is 10.6 Å². The molecule has 1 aromatic heterocycles. The van der Waals surface area contributed by atoms with Crippen molar-refractivity contribution in [2.75, 3.05) is 46.4 Å². The molecule has 0 saturated carbocycles. The zero-order valence-electron chi connectivity index (χ0n) is 18.7. The van der Waals surface area contributed by atoms with Gasteiger partial charge < -0.3 is 15.4 Å². The zero-order chi connectivity index (χ0) is 20.4. The van der Waals surface area contributed by atoms with Crippen molar-refractivity contribution in [1.29, 1.82) is 0 Å². The first-order valence-corrected chi connectivity index (χ1v) is 11.7. The van der Waals surface area contributed by atoms with Crippen LogP contribution in [0, 0.1) is 5.92 Å². The molecule has 2 rings (SSSR count). The van der Waals surface area contributed by atoms with Gasteiger partial charge in [-0.1, -0.05) is 40.5 Å². The van der Waals surface area contributed by atoms with Crippen molar-refractivity contribution in [3.8, 4) is 0 Å². The Bertz CT molecular complexity index is 585. The van der Waals surface area contributed by atoms with Gasteiger partial charge in [-0.2, -0.15) is 0 Å². The molecule has 1 atom stereocenters. The van der Waals surface area contributed by atoms with Gasteiger partial charge in [-0.05, 0) is 5.92 Å². The van der Waals surface area contributed by atoms with Crippen molar-refractivity contribution in [2.45, 2.75) is 58.9 Å². The second kappa shape index (κ2) is 14.5. The molecule has 0 spiro atoms. The Labute approximate surface area is 198 Å². The Morgan fingerprint density at radius 1 is 1.24 bits per heavy atom. The van der Waals surface area contributed by atoms with Crippen molar-refractivity contribution in [3.05, 3.63) is 16.1 Å². The van der Waals surface area contributed by atoms with Crippen LogP contribution in [0.2, 0.25) is 0 Å². The number of hydrogen-bond donors (Lipinski definition) is 2. The SMILES string of the molecule is CCC(CC)C(CNC(=NC)NCCc1csc(C(C)C)n1)N1CCOCC1.I. The molecule has 0 aromatic carbocycles. The smallest absolute Gasteiger partial charge is 0.191 e. The lowest BCUT2D eigenvalue weighted by atomic mass is 9.92. The molecule has 168 valence electrons. The minimum absolute atomic E-state index is 0. The number of guanidine groups is 1. The molecule has 1 aliphatic heterocycles. The number of hydrogen-bond acceptors (Lipinski definition) is 5. The number of nitrogens with zero attached hydrogens (tertiary/aromatic N) is 3. The maximum absolute atomic E-state index is 5.55. The minimum Gasteiger partial charge on any atom is -0.379 e. The normalized spacial score (nSPS) is 16.7. The number of morpholine rings is 1. The molecule has 0 radical (unpaired) electrons. The fourth-order valence-corrected chi connectivity index (χ4v) is 4.64. The van der Waals surface area contributed by atoms with Crippen molar-refractivity contribution in [1.82, 2.24) is 20.5 Å². The summed E-state index contributed by atoms with van der Waals surface area (Å²) in [5.74, 6) is 2.07. The van der Waals surface area contributed by atoms with E-state index in [1.165, 1.54) is 23.5 Å². The number of halogens is 1. The Morgan fingerprint density at radius 2 is 1.93 bits per heavy atom. The summed E-state index contributed by atoms with van der Waals surface area (Å²) in [5.41, 5.74) is 1.17. The second-order valence-corrected chi connectivity index (χ2v) is 8.64. The van der Waals surface area contributed by atoms with E-state index in [-0.39, 0.29) is 24.0 Å². The van der Waals surface area contributed by atoms with Gasteiger partial charge >= 0.3 is 0 Å². The van der Waals surface area contributed by atoms with Crippen LogP contribution >= 0.6 is 35.3 Å². The van der Waals surface area contributed by atoms with Gasteiger partial charge in [0.05, 0.1) is 23.9 Å². The third-order valence-electron chi connectivity index (χ3n) is 5.55. The fourth-order valence-electron chi connectivity index (χ4n) is 3.77. The van der Waals surface area contributed by atoms with Crippen LogP contribution in [0.5, 0.6) is 0 Å². The Kier molecular flexibility index (Phi) is 13.3. The van der Waals surface area contributed by atoms with Crippen LogP contribution in [0.25, 0.3) is 0 Å². The molecular weight excluding hydrogens is 497 g/mol. The first-order valence-electron chi connectivity index (χ1n) is 10.8. The summed E-state index contributed by atoms with van der Waals surface area (Å²) >= 11 is 1.76. The minimum atomic E-state index is 0. The predicted molar refractivity (Wildman–Crippen MR) is 135 cm³/mol. The van der Waals surface area contributed by atoms with Crippen LogP contribution in [-0.4, -0.2) is 68.3 Å². The molecular formula is C21H40IN5OS. The van der Waals surface area contributed by atoms with E-state index in [9.17, 15) is 0 Å². The topological polar surface area (TPSA) is 61.8 Å². The molecule has 1 aliphatic rings. The summed E-state index contributed by atoms with van der Waals surface area (Å²) in [6.07, 6.45) is 3.33. The highest BCUT2D eigenvalue weighted by atomic mass is 127. The van der Waals surface area contributed by atoms with E-state index in [2.05, 4.69) is 53.6 Å².